The first-order valence-electron chi connectivity index (χ1n) is 4.53. The first-order valence-corrected chi connectivity index (χ1v) is 4.53. The molecule has 0 aliphatic rings. The van der Waals surface area contributed by atoms with Gasteiger partial charge in [0.2, 0.25) is 0 Å². The van der Waals surface area contributed by atoms with Gasteiger partial charge >= 0.3 is 0 Å². The smallest absolute Gasteiger partial charge is 0.140 e. The van der Waals surface area contributed by atoms with E-state index in [9.17, 15) is 5.11 Å². The van der Waals surface area contributed by atoms with Crippen molar-refractivity contribution in [3.63, 3.8) is 0 Å². The number of aliphatic hydroxyl groups excluding tert-OH is 1. The van der Waals surface area contributed by atoms with E-state index in [-0.39, 0.29) is 6.61 Å². The molecule has 0 aliphatic carbocycles. The number of anilines is 1. The Morgan fingerprint density at radius 3 is 3.00 bits per heavy atom. The molecule has 1 rings (SSSR count). The summed E-state index contributed by atoms with van der Waals surface area (Å²) in [5, 5.41) is 20.9. The van der Waals surface area contributed by atoms with Crippen molar-refractivity contribution in [3.05, 3.63) is 24.0 Å². The SMILES string of the molecule is COCC(O)CNc1ccc(C#N)nc1. The van der Waals surface area contributed by atoms with Crippen molar-refractivity contribution in [2.45, 2.75) is 6.10 Å². The largest absolute Gasteiger partial charge is 0.389 e. The van der Waals surface area contributed by atoms with Crippen molar-refractivity contribution >= 4 is 5.69 Å². The maximum Gasteiger partial charge on any atom is 0.140 e. The monoisotopic (exact) mass is 207 g/mol. The van der Waals surface area contributed by atoms with E-state index in [4.69, 9.17) is 10.00 Å². The Kier molecular flexibility index (Phi) is 4.54. The van der Waals surface area contributed by atoms with E-state index in [1.165, 1.54) is 7.11 Å². The minimum absolute atomic E-state index is 0.288. The van der Waals surface area contributed by atoms with Crippen LogP contribution in [-0.4, -0.2) is 36.5 Å². The van der Waals surface area contributed by atoms with Gasteiger partial charge < -0.3 is 15.2 Å². The van der Waals surface area contributed by atoms with Gasteiger partial charge in [0.25, 0.3) is 0 Å². The number of aliphatic hydroxyl groups is 1. The normalized spacial score (nSPS) is 11.8. The summed E-state index contributed by atoms with van der Waals surface area (Å²) in [7, 11) is 1.53. The Balaban J connectivity index is 2.41. The van der Waals surface area contributed by atoms with Gasteiger partial charge in [0, 0.05) is 13.7 Å². The molecule has 1 aromatic rings. The van der Waals surface area contributed by atoms with Crippen LogP contribution in [0.2, 0.25) is 0 Å². The molecule has 0 saturated heterocycles. The van der Waals surface area contributed by atoms with Crippen LogP contribution in [0.15, 0.2) is 18.3 Å². The van der Waals surface area contributed by atoms with Gasteiger partial charge in [-0.2, -0.15) is 5.26 Å². The van der Waals surface area contributed by atoms with Crippen LogP contribution in [0.1, 0.15) is 5.69 Å². The highest BCUT2D eigenvalue weighted by Crippen LogP contribution is 2.05. The molecule has 0 radical (unpaired) electrons. The van der Waals surface area contributed by atoms with Gasteiger partial charge in [0.1, 0.15) is 11.8 Å². The third-order valence-corrected chi connectivity index (χ3v) is 1.78. The number of rotatable bonds is 5. The summed E-state index contributed by atoms with van der Waals surface area (Å²) >= 11 is 0. The lowest BCUT2D eigenvalue weighted by Crippen LogP contribution is -2.24. The lowest BCUT2D eigenvalue weighted by molar-refractivity contribution is 0.0727. The standard InChI is InChI=1S/C10H13N3O2/c1-15-7-10(14)6-13-9-3-2-8(4-11)12-5-9/h2-3,5,10,13-14H,6-7H2,1H3. The number of hydrogen-bond donors (Lipinski definition) is 2. The number of methoxy groups -OCH3 is 1. The summed E-state index contributed by atoms with van der Waals surface area (Å²) in [4.78, 5) is 3.88. The highest BCUT2D eigenvalue weighted by atomic mass is 16.5. The summed E-state index contributed by atoms with van der Waals surface area (Å²) in [5.41, 5.74) is 1.14. The van der Waals surface area contributed by atoms with Gasteiger partial charge in [-0.1, -0.05) is 0 Å². The summed E-state index contributed by atoms with van der Waals surface area (Å²) in [6, 6.07) is 5.29. The molecule has 5 heteroatoms. The molecule has 0 aromatic carbocycles. The van der Waals surface area contributed by atoms with Gasteiger partial charge in [0.05, 0.1) is 24.6 Å². The van der Waals surface area contributed by atoms with Gasteiger partial charge in [0.15, 0.2) is 0 Å². The Labute approximate surface area is 88.3 Å². The zero-order valence-corrected chi connectivity index (χ0v) is 8.47. The second kappa shape index (κ2) is 5.96. The van der Waals surface area contributed by atoms with Gasteiger partial charge in [-0.05, 0) is 12.1 Å². The number of hydrogen-bond acceptors (Lipinski definition) is 5. The highest BCUT2D eigenvalue weighted by Gasteiger charge is 2.02. The van der Waals surface area contributed by atoms with Crippen LogP contribution < -0.4 is 5.32 Å². The van der Waals surface area contributed by atoms with E-state index in [2.05, 4.69) is 10.3 Å². The quantitative estimate of drug-likeness (QED) is 0.729. The van der Waals surface area contributed by atoms with Crippen molar-refractivity contribution in [2.24, 2.45) is 0 Å². The third kappa shape index (κ3) is 3.94. The Morgan fingerprint density at radius 1 is 1.67 bits per heavy atom. The lowest BCUT2D eigenvalue weighted by Gasteiger charge is -2.11. The molecular weight excluding hydrogens is 194 g/mol. The van der Waals surface area contributed by atoms with Crippen LogP contribution in [0.3, 0.4) is 0 Å². The number of aromatic nitrogens is 1. The minimum atomic E-state index is -0.550. The van der Waals surface area contributed by atoms with Crippen LogP contribution >= 0.6 is 0 Å². The molecular formula is C10H13N3O2. The van der Waals surface area contributed by atoms with Crippen LogP contribution in [0.25, 0.3) is 0 Å². The highest BCUT2D eigenvalue weighted by molar-refractivity contribution is 5.42. The molecule has 0 bridgehead atoms. The van der Waals surface area contributed by atoms with Crippen LogP contribution in [0, 0.1) is 11.3 Å². The fourth-order valence-corrected chi connectivity index (χ4v) is 1.05. The topological polar surface area (TPSA) is 78.2 Å². The molecule has 0 fully saturated rings. The zero-order chi connectivity index (χ0) is 11.1. The number of nitriles is 1. The Hall–Kier alpha value is -1.64. The van der Waals surface area contributed by atoms with Crippen molar-refractivity contribution in [3.8, 4) is 6.07 Å². The molecule has 0 saturated carbocycles. The summed E-state index contributed by atoms with van der Waals surface area (Å²) < 4.78 is 4.78. The van der Waals surface area contributed by atoms with Crippen LogP contribution in [0.4, 0.5) is 5.69 Å². The first kappa shape index (κ1) is 11.4. The molecule has 2 N–H and O–H groups in total. The molecule has 0 amide bonds. The molecule has 5 nitrogen and oxygen atoms in total. The van der Waals surface area contributed by atoms with Crippen molar-refractivity contribution in [2.75, 3.05) is 25.6 Å². The molecule has 1 unspecified atom stereocenters. The minimum Gasteiger partial charge on any atom is -0.389 e. The second-order valence-corrected chi connectivity index (χ2v) is 3.03. The van der Waals surface area contributed by atoms with Crippen molar-refractivity contribution in [1.82, 2.24) is 4.98 Å². The zero-order valence-electron chi connectivity index (χ0n) is 8.47. The molecule has 1 heterocycles. The number of nitrogens with zero attached hydrogens (tertiary/aromatic N) is 2. The van der Waals surface area contributed by atoms with E-state index < -0.39 is 6.10 Å². The molecule has 15 heavy (non-hydrogen) atoms. The summed E-state index contributed by atoms with van der Waals surface area (Å²) in [5.74, 6) is 0. The van der Waals surface area contributed by atoms with E-state index in [0.29, 0.717) is 12.2 Å². The predicted molar refractivity (Wildman–Crippen MR) is 55.3 cm³/mol. The number of nitrogens with one attached hydrogen (secondary N) is 1. The fourth-order valence-electron chi connectivity index (χ4n) is 1.05. The number of ether oxygens (including phenoxy) is 1. The molecule has 1 aromatic heterocycles. The Bertz CT molecular complexity index is 332. The van der Waals surface area contributed by atoms with Gasteiger partial charge in [-0.3, -0.25) is 0 Å². The summed E-state index contributed by atoms with van der Waals surface area (Å²) in [6.45, 7) is 0.679. The van der Waals surface area contributed by atoms with E-state index in [1.54, 1.807) is 18.3 Å². The average Bonchev–Trinajstić information content (AvgIpc) is 2.27. The second-order valence-electron chi connectivity index (χ2n) is 3.03. The third-order valence-electron chi connectivity index (χ3n) is 1.78. The molecule has 0 spiro atoms. The van der Waals surface area contributed by atoms with Crippen LogP contribution in [0.5, 0.6) is 0 Å². The maximum atomic E-state index is 9.35. The molecule has 80 valence electrons. The molecule has 0 aliphatic heterocycles. The Morgan fingerprint density at radius 2 is 2.47 bits per heavy atom. The first-order chi connectivity index (χ1) is 7.26. The van der Waals surface area contributed by atoms with E-state index in [0.717, 1.165) is 5.69 Å². The molecule has 1 atom stereocenters. The number of pyridine rings is 1. The lowest BCUT2D eigenvalue weighted by atomic mass is 10.3. The summed E-state index contributed by atoms with van der Waals surface area (Å²) in [6.07, 6.45) is 1.00. The predicted octanol–water partition coefficient (Wildman–Crippen LogP) is 0.372. The maximum absolute atomic E-state index is 9.35. The van der Waals surface area contributed by atoms with Gasteiger partial charge in [-0.25, -0.2) is 4.98 Å². The van der Waals surface area contributed by atoms with Crippen molar-refractivity contribution < 1.29 is 9.84 Å². The van der Waals surface area contributed by atoms with E-state index >= 15 is 0 Å². The van der Waals surface area contributed by atoms with Gasteiger partial charge in [-0.15, -0.1) is 0 Å². The average molecular weight is 207 g/mol. The van der Waals surface area contributed by atoms with Crippen LogP contribution in [-0.2, 0) is 4.74 Å². The fraction of sp³-hybridized carbons (Fsp3) is 0.400. The van der Waals surface area contributed by atoms with E-state index in [1.807, 2.05) is 6.07 Å². The van der Waals surface area contributed by atoms with Crippen molar-refractivity contribution in [1.29, 1.82) is 5.26 Å².